The number of carbonyl (C=O) groups excluding carboxylic acids is 1. The van der Waals surface area contributed by atoms with Gasteiger partial charge in [0.1, 0.15) is 0 Å². The van der Waals surface area contributed by atoms with Gasteiger partial charge in [-0.3, -0.25) is 4.79 Å². The van der Waals surface area contributed by atoms with Crippen molar-refractivity contribution in [3.8, 4) is 0 Å². The Hall–Kier alpha value is -1.77. The average Bonchev–Trinajstić information content (AvgIpc) is 2.23. The van der Waals surface area contributed by atoms with Crippen molar-refractivity contribution in [3.05, 3.63) is 42.0 Å². The molecular formula is C11H12N2O. The molecule has 1 aromatic carbocycles. The molecule has 0 aromatic heterocycles. The Kier molecular flexibility index (Phi) is 2.23. The van der Waals surface area contributed by atoms with E-state index >= 15 is 0 Å². The van der Waals surface area contributed by atoms with E-state index < -0.39 is 0 Å². The van der Waals surface area contributed by atoms with Crippen molar-refractivity contribution < 1.29 is 4.79 Å². The number of nitrogens with zero attached hydrogens (tertiary/aromatic N) is 1. The Bertz CT molecular complexity index is 370. The van der Waals surface area contributed by atoms with E-state index in [4.69, 9.17) is 0 Å². The molecule has 0 saturated carbocycles. The number of carbonyl (C=O) groups is 1. The van der Waals surface area contributed by atoms with E-state index in [1.54, 1.807) is 6.08 Å². The summed E-state index contributed by atoms with van der Waals surface area (Å²) in [5.41, 5.74) is 2.04. The summed E-state index contributed by atoms with van der Waals surface area (Å²) in [7, 11) is 1.96. The number of amides is 1. The highest BCUT2D eigenvalue weighted by Gasteiger charge is 2.14. The fourth-order valence-electron chi connectivity index (χ4n) is 1.48. The largest absolute Gasteiger partial charge is 0.356 e. The fraction of sp³-hybridized carbons (Fsp3) is 0.182. The number of nitrogens with one attached hydrogen (secondary N) is 1. The third-order valence-corrected chi connectivity index (χ3v) is 2.24. The first kappa shape index (κ1) is 8.81. The fourth-order valence-corrected chi connectivity index (χ4v) is 1.48. The molecule has 1 aromatic rings. The van der Waals surface area contributed by atoms with Gasteiger partial charge in [-0.25, -0.2) is 0 Å². The Morgan fingerprint density at radius 2 is 2.00 bits per heavy atom. The van der Waals surface area contributed by atoms with Gasteiger partial charge in [0.2, 0.25) is 5.91 Å². The monoisotopic (exact) mass is 188 g/mol. The molecule has 1 heterocycles. The summed E-state index contributed by atoms with van der Waals surface area (Å²) in [4.78, 5) is 13.2. The molecule has 1 N–H and O–H groups in total. The molecule has 1 aliphatic rings. The molecule has 0 unspecified atom stereocenters. The van der Waals surface area contributed by atoms with E-state index in [-0.39, 0.29) is 5.91 Å². The molecule has 0 atom stereocenters. The zero-order valence-electron chi connectivity index (χ0n) is 8.03. The summed E-state index contributed by atoms with van der Waals surface area (Å²) < 4.78 is 0. The van der Waals surface area contributed by atoms with Gasteiger partial charge < -0.3 is 10.2 Å². The topological polar surface area (TPSA) is 32.3 Å². The minimum absolute atomic E-state index is 0.0260. The van der Waals surface area contributed by atoms with Gasteiger partial charge in [0.15, 0.2) is 0 Å². The second kappa shape index (κ2) is 3.54. The predicted octanol–water partition coefficient (Wildman–Crippen LogP) is 1.05. The third-order valence-electron chi connectivity index (χ3n) is 2.24. The van der Waals surface area contributed by atoms with Gasteiger partial charge >= 0.3 is 0 Å². The SMILES string of the molecule is CN1CNC(=O)C=C1c1ccccc1. The zero-order chi connectivity index (χ0) is 9.97. The molecule has 0 bridgehead atoms. The normalized spacial score (nSPS) is 16.2. The maximum atomic E-state index is 11.2. The molecule has 1 aliphatic heterocycles. The number of benzene rings is 1. The first-order valence-corrected chi connectivity index (χ1v) is 4.53. The predicted molar refractivity (Wildman–Crippen MR) is 55.2 cm³/mol. The highest BCUT2D eigenvalue weighted by atomic mass is 16.1. The molecule has 0 aliphatic carbocycles. The van der Waals surface area contributed by atoms with Crippen LogP contribution in [0.15, 0.2) is 36.4 Å². The van der Waals surface area contributed by atoms with E-state index in [9.17, 15) is 4.79 Å². The van der Waals surface area contributed by atoms with Crippen LogP contribution >= 0.6 is 0 Å². The summed E-state index contributed by atoms with van der Waals surface area (Å²) in [6.45, 7) is 0.569. The minimum Gasteiger partial charge on any atom is -0.356 e. The van der Waals surface area contributed by atoms with Crippen molar-refractivity contribution in [2.45, 2.75) is 0 Å². The smallest absolute Gasteiger partial charge is 0.247 e. The molecule has 0 spiro atoms. The average molecular weight is 188 g/mol. The Balaban J connectivity index is 2.37. The minimum atomic E-state index is -0.0260. The second-order valence-corrected chi connectivity index (χ2v) is 3.29. The van der Waals surface area contributed by atoms with Crippen LogP contribution in [0.3, 0.4) is 0 Å². The van der Waals surface area contributed by atoms with E-state index in [0.29, 0.717) is 6.67 Å². The van der Waals surface area contributed by atoms with Crippen molar-refractivity contribution in [1.29, 1.82) is 0 Å². The van der Waals surface area contributed by atoms with Crippen LogP contribution in [0.1, 0.15) is 5.56 Å². The van der Waals surface area contributed by atoms with Gasteiger partial charge in [0.25, 0.3) is 0 Å². The lowest BCUT2D eigenvalue weighted by molar-refractivity contribution is -0.117. The third kappa shape index (κ3) is 1.62. The van der Waals surface area contributed by atoms with Gasteiger partial charge in [-0.05, 0) is 5.56 Å². The highest BCUT2D eigenvalue weighted by molar-refractivity contribution is 5.96. The molecule has 3 nitrogen and oxygen atoms in total. The molecule has 0 radical (unpaired) electrons. The van der Waals surface area contributed by atoms with Crippen LogP contribution in [0.2, 0.25) is 0 Å². The number of hydrogen-bond donors (Lipinski definition) is 1. The van der Waals surface area contributed by atoms with Crippen molar-refractivity contribution >= 4 is 11.6 Å². The lowest BCUT2D eigenvalue weighted by Gasteiger charge is -2.26. The molecule has 0 saturated heterocycles. The van der Waals surface area contributed by atoms with Crippen LogP contribution in [0, 0.1) is 0 Å². The van der Waals surface area contributed by atoms with E-state index in [2.05, 4.69) is 5.32 Å². The van der Waals surface area contributed by atoms with Crippen LogP contribution in [0.25, 0.3) is 5.70 Å². The van der Waals surface area contributed by atoms with Gasteiger partial charge in [-0.15, -0.1) is 0 Å². The molecule has 14 heavy (non-hydrogen) atoms. The van der Waals surface area contributed by atoms with E-state index in [0.717, 1.165) is 11.3 Å². The highest BCUT2D eigenvalue weighted by Crippen LogP contribution is 2.18. The first-order valence-electron chi connectivity index (χ1n) is 4.53. The second-order valence-electron chi connectivity index (χ2n) is 3.29. The molecule has 1 amide bonds. The molecule has 3 heteroatoms. The number of rotatable bonds is 1. The van der Waals surface area contributed by atoms with Crippen LogP contribution in [-0.4, -0.2) is 24.5 Å². The van der Waals surface area contributed by atoms with Crippen LogP contribution in [-0.2, 0) is 4.79 Å². The quantitative estimate of drug-likeness (QED) is 0.714. The Morgan fingerprint density at radius 1 is 1.29 bits per heavy atom. The zero-order valence-corrected chi connectivity index (χ0v) is 8.03. The van der Waals surface area contributed by atoms with Gasteiger partial charge in [-0.2, -0.15) is 0 Å². The van der Waals surface area contributed by atoms with E-state index in [1.165, 1.54) is 0 Å². The molecule has 72 valence electrons. The molecular weight excluding hydrogens is 176 g/mol. The van der Waals surface area contributed by atoms with Crippen molar-refractivity contribution in [2.75, 3.05) is 13.7 Å². The van der Waals surface area contributed by atoms with Gasteiger partial charge in [0, 0.05) is 13.1 Å². The molecule has 0 fully saturated rings. The standard InChI is InChI=1S/C11H12N2O/c1-13-8-12-11(14)7-10(13)9-5-3-2-4-6-9/h2-7H,8H2,1H3,(H,12,14). The van der Waals surface area contributed by atoms with Crippen molar-refractivity contribution in [1.82, 2.24) is 10.2 Å². The summed E-state index contributed by atoms with van der Waals surface area (Å²) in [6, 6.07) is 9.90. The lowest BCUT2D eigenvalue weighted by Crippen LogP contribution is -2.38. The maximum Gasteiger partial charge on any atom is 0.247 e. The Labute approximate surface area is 83.0 Å². The summed E-state index contributed by atoms with van der Waals surface area (Å²) in [6.07, 6.45) is 1.62. The summed E-state index contributed by atoms with van der Waals surface area (Å²) in [5, 5.41) is 2.74. The van der Waals surface area contributed by atoms with E-state index in [1.807, 2.05) is 42.3 Å². The van der Waals surface area contributed by atoms with Crippen LogP contribution < -0.4 is 5.32 Å². The molecule has 2 rings (SSSR count). The van der Waals surface area contributed by atoms with Gasteiger partial charge in [-0.1, -0.05) is 30.3 Å². The first-order chi connectivity index (χ1) is 6.77. The Morgan fingerprint density at radius 3 is 2.71 bits per heavy atom. The van der Waals surface area contributed by atoms with Crippen molar-refractivity contribution in [3.63, 3.8) is 0 Å². The maximum absolute atomic E-state index is 11.2. The van der Waals surface area contributed by atoms with Crippen molar-refractivity contribution in [2.24, 2.45) is 0 Å². The summed E-state index contributed by atoms with van der Waals surface area (Å²) >= 11 is 0. The lowest BCUT2D eigenvalue weighted by atomic mass is 10.1. The van der Waals surface area contributed by atoms with Crippen LogP contribution in [0.5, 0.6) is 0 Å². The summed E-state index contributed by atoms with van der Waals surface area (Å²) in [5.74, 6) is -0.0260. The van der Waals surface area contributed by atoms with Crippen LogP contribution in [0.4, 0.5) is 0 Å². The van der Waals surface area contributed by atoms with Gasteiger partial charge in [0.05, 0.1) is 12.4 Å². The number of hydrogen-bond acceptors (Lipinski definition) is 2.